The van der Waals surface area contributed by atoms with E-state index < -0.39 is 11.7 Å². The van der Waals surface area contributed by atoms with E-state index in [2.05, 4.69) is 22.9 Å². The fraction of sp³-hybridized carbons (Fsp3) is 0.571. The normalized spacial score (nSPS) is 17.4. The first-order valence-electron chi connectivity index (χ1n) is 6.33. The molecule has 0 heterocycles. The van der Waals surface area contributed by atoms with Gasteiger partial charge in [-0.25, -0.2) is 0 Å². The number of rotatable bonds is 4. The lowest BCUT2D eigenvalue weighted by atomic mass is 10.1. The molecule has 2 rings (SSSR count). The highest BCUT2D eigenvalue weighted by Gasteiger charge is 2.35. The van der Waals surface area contributed by atoms with E-state index in [1.807, 2.05) is 11.9 Å². The van der Waals surface area contributed by atoms with Crippen molar-refractivity contribution in [1.82, 2.24) is 0 Å². The van der Waals surface area contributed by atoms with Crippen molar-refractivity contribution in [3.8, 4) is 0 Å². The molecule has 106 valence electrons. The van der Waals surface area contributed by atoms with Gasteiger partial charge in [0.05, 0.1) is 5.56 Å². The van der Waals surface area contributed by atoms with Crippen molar-refractivity contribution in [2.75, 3.05) is 11.9 Å². The number of halogens is 4. The molecule has 0 spiro atoms. The van der Waals surface area contributed by atoms with E-state index in [9.17, 15) is 13.2 Å². The van der Waals surface area contributed by atoms with Gasteiger partial charge in [0.25, 0.3) is 0 Å². The fourth-order valence-corrected chi connectivity index (χ4v) is 2.78. The van der Waals surface area contributed by atoms with Gasteiger partial charge in [0.2, 0.25) is 0 Å². The van der Waals surface area contributed by atoms with Crippen LogP contribution in [-0.2, 0) is 11.5 Å². The minimum Gasteiger partial charge on any atom is -0.372 e. The molecule has 0 radical (unpaired) electrons. The van der Waals surface area contributed by atoms with E-state index in [0.29, 0.717) is 11.6 Å². The van der Waals surface area contributed by atoms with Crippen molar-refractivity contribution in [3.63, 3.8) is 0 Å². The van der Waals surface area contributed by atoms with E-state index in [1.54, 1.807) is 12.1 Å². The topological polar surface area (TPSA) is 3.24 Å². The van der Waals surface area contributed by atoms with Crippen LogP contribution in [0.15, 0.2) is 18.2 Å². The average Bonchev–Trinajstić information content (AvgIpc) is 3.19. The molecule has 0 aliphatic heterocycles. The predicted octanol–water partition coefficient (Wildman–Crippen LogP) is 4.84. The molecular formula is C14H17BrF3N. The summed E-state index contributed by atoms with van der Waals surface area (Å²) in [7, 11) is 1.87. The van der Waals surface area contributed by atoms with E-state index in [0.717, 1.165) is 0 Å². The summed E-state index contributed by atoms with van der Waals surface area (Å²) in [6.45, 7) is 2.07. The molecule has 5 heteroatoms. The van der Waals surface area contributed by atoms with Gasteiger partial charge < -0.3 is 4.90 Å². The number of benzene rings is 1. The van der Waals surface area contributed by atoms with Crippen LogP contribution in [-0.4, -0.2) is 13.1 Å². The second-order valence-electron chi connectivity index (χ2n) is 5.16. The summed E-state index contributed by atoms with van der Waals surface area (Å²) in [6.07, 6.45) is -1.95. The lowest BCUT2D eigenvalue weighted by Gasteiger charge is -2.28. The van der Waals surface area contributed by atoms with Crippen LogP contribution in [0, 0.1) is 5.92 Å². The van der Waals surface area contributed by atoms with E-state index in [4.69, 9.17) is 0 Å². The average molecular weight is 336 g/mol. The minimum absolute atomic E-state index is 0.212. The maximum atomic E-state index is 13.0. The van der Waals surface area contributed by atoms with Gasteiger partial charge in [0.1, 0.15) is 0 Å². The Morgan fingerprint density at radius 3 is 2.47 bits per heavy atom. The Morgan fingerprint density at radius 2 is 2.00 bits per heavy atom. The Balaban J connectivity index is 2.31. The summed E-state index contributed by atoms with van der Waals surface area (Å²) < 4.78 is 39.0. The number of alkyl halides is 4. The van der Waals surface area contributed by atoms with Crippen LogP contribution >= 0.6 is 15.9 Å². The summed E-state index contributed by atoms with van der Waals surface area (Å²) >= 11 is 3.11. The molecule has 1 unspecified atom stereocenters. The van der Waals surface area contributed by atoms with Gasteiger partial charge in [-0.15, -0.1) is 0 Å². The minimum atomic E-state index is -4.30. The molecule has 19 heavy (non-hydrogen) atoms. The van der Waals surface area contributed by atoms with E-state index in [1.165, 1.54) is 18.9 Å². The van der Waals surface area contributed by atoms with Crippen LogP contribution < -0.4 is 4.90 Å². The Hall–Kier alpha value is -0.710. The molecule has 1 aromatic carbocycles. The lowest BCUT2D eigenvalue weighted by Crippen LogP contribution is -2.30. The molecule has 0 bridgehead atoms. The van der Waals surface area contributed by atoms with Crippen molar-refractivity contribution >= 4 is 21.6 Å². The third-order valence-electron chi connectivity index (χ3n) is 3.87. The molecule has 1 atom stereocenters. The molecule has 0 amide bonds. The van der Waals surface area contributed by atoms with Crippen molar-refractivity contribution in [3.05, 3.63) is 29.3 Å². The van der Waals surface area contributed by atoms with E-state index in [-0.39, 0.29) is 16.9 Å². The van der Waals surface area contributed by atoms with Crippen LogP contribution in [0.5, 0.6) is 0 Å². The highest BCUT2D eigenvalue weighted by Crippen LogP contribution is 2.39. The van der Waals surface area contributed by atoms with Gasteiger partial charge in [-0.2, -0.15) is 13.2 Å². The zero-order chi connectivity index (χ0) is 14.2. The maximum absolute atomic E-state index is 13.0. The van der Waals surface area contributed by atoms with Crippen LogP contribution in [0.25, 0.3) is 0 Å². The zero-order valence-corrected chi connectivity index (χ0v) is 12.6. The van der Waals surface area contributed by atoms with E-state index >= 15 is 0 Å². The van der Waals surface area contributed by atoms with Gasteiger partial charge in [0.15, 0.2) is 0 Å². The summed E-state index contributed by atoms with van der Waals surface area (Å²) in [5.41, 5.74) is 0.372. The van der Waals surface area contributed by atoms with Crippen molar-refractivity contribution in [2.45, 2.75) is 37.3 Å². The molecule has 1 saturated carbocycles. The van der Waals surface area contributed by atoms with Crippen molar-refractivity contribution < 1.29 is 13.2 Å². The highest BCUT2D eigenvalue weighted by molar-refractivity contribution is 9.08. The number of nitrogens with zero attached hydrogens (tertiary/aromatic N) is 1. The first-order valence-corrected chi connectivity index (χ1v) is 7.45. The number of hydrogen-bond acceptors (Lipinski definition) is 1. The zero-order valence-electron chi connectivity index (χ0n) is 11.0. The van der Waals surface area contributed by atoms with Gasteiger partial charge in [-0.3, -0.25) is 0 Å². The smallest absolute Gasteiger partial charge is 0.372 e. The standard InChI is InChI=1S/C14H17BrF3N/c1-9(10-3-4-10)19(2)12-6-5-11(8-15)13(7-12)14(16,17)18/h5-7,9-10H,3-4,8H2,1-2H3. The van der Waals surface area contributed by atoms with Crippen LogP contribution in [0.3, 0.4) is 0 Å². The second-order valence-corrected chi connectivity index (χ2v) is 5.72. The molecule has 1 nitrogen and oxygen atoms in total. The van der Waals surface area contributed by atoms with Crippen molar-refractivity contribution in [1.29, 1.82) is 0 Å². The van der Waals surface area contributed by atoms with Crippen molar-refractivity contribution in [2.24, 2.45) is 5.92 Å². The summed E-state index contributed by atoms with van der Waals surface area (Å²) in [4.78, 5) is 1.95. The third kappa shape index (κ3) is 3.25. The molecule has 0 aromatic heterocycles. The Kier molecular flexibility index (Phi) is 4.14. The quantitative estimate of drug-likeness (QED) is 0.712. The Labute approximate surface area is 119 Å². The molecule has 1 aliphatic carbocycles. The molecule has 1 aromatic rings. The first-order chi connectivity index (χ1) is 8.84. The largest absolute Gasteiger partial charge is 0.416 e. The first kappa shape index (κ1) is 14.7. The fourth-order valence-electron chi connectivity index (χ4n) is 2.29. The highest BCUT2D eigenvalue weighted by atomic mass is 79.9. The number of hydrogen-bond donors (Lipinski definition) is 0. The second kappa shape index (κ2) is 5.35. The van der Waals surface area contributed by atoms with Gasteiger partial charge in [-0.05, 0) is 43.4 Å². The van der Waals surface area contributed by atoms with Gasteiger partial charge >= 0.3 is 6.18 Å². The summed E-state index contributed by atoms with van der Waals surface area (Å²) in [5, 5.41) is 0.212. The SMILES string of the molecule is CC(C1CC1)N(C)c1ccc(CBr)c(C(F)(F)F)c1. The third-order valence-corrected chi connectivity index (χ3v) is 4.47. The monoisotopic (exact) mass is 335 g/mol. The molecule has 1 fully saturated rings. The molecule has 0 N–H and O–H groups in total. The summed E-state index contributed by atoms with van der Waals surface area (Å²) in [6, 6.07) is 4.87. The predicted molar refractivity (Wildman–Crippen MR) is 74.7 cm³/mol. The van der Waals surface area contributed by atoms with Crippen LogP contribution in [0.1, 0.15) is 30.9 Å². The molecule has 0 saturated heterocycles. The van der Waals surface area contributed by atoms with Gasteiger partial charge in [-0.1, -0.05) is 22.0 Å². The molecule has 1 aliphatic rings. The van der Waals surface area contributed by atoms with Crippen LogP contribution in [0.4, 0.5) is 18.9 Å². The van der Waals surface area contributed by atoms with Gasteiger partial charge in [0, 0.05) is 24.1 Å². The number of anilines is 1. The maximum Gasteiger partial charge on any atom is 0.416 e. The summed E-state index contributed by atoms with van der Waals surface area (Å²) in [5.74, 6) is 0.621. The van der Waals surface area contributed by atoms with Crippen LogP contribution in [0.2, 0.25) is 0 Å². The molecular weight excluding hydrogens is 319 g/mol. The Morgan fingerprint density at radius 1 is 1.37 bits per heavy atom. The Bertz CT molecular complexity index is 454. The lowest BCUT2D eigenvalue weighted by molar-refractivity contribution is -0.138.